The maximum absolute atomic E-state index is 12.6. The van der Waals surface area contributed by atoms with Crippen molar-refractivity contribution >= 4 is 45.9 Å². The molecule has 2 aromatic rings. The first kappa shape index (κ1) is 19.4. The van der Waals surface area contributed by atoms with Crippen LogP contribution in [0.3, 0.4) is 0 Å². The van der Waals surface area contributed by atoms with Crippen molar-refractivity contribution in [1.82, 2.24) is 19.6 Å². The highest BCUT2D eigenvalue weighted by atomic mass is 127. The van der Waals surface area contributed by atoms with E-state index in [4.69, 9.17) is 11.6 Å². The van der Waals surface area contributed by atoms with Gasteiger partial charge in [-0.2, -0.15) is 5.10 Å². The minimum atomic E-state index is -0.0356. The van der Waals surface area contributed by atoms with E-state index in [2.05, 4.69) is 37.9 Å². The van der Waals surface area contributed by atoms with Crippen LogP contribution in [0, 0.1) is 10.5 Å². The Morgan fingerprint density at radius 2 is 2.04 bits per heavy atom. The molecule has 1 aromatic carbocycles. The zero-order valence-corrected chi connectivity index (χ0v) is 17.9. The van der Waals surface area contributed by atoms with Crippen molar-refractivity contribution in [1.29, 1.82) is 0 Å². The van der Waals surface area contributed by atoms with Gasteiger partial charge in [0.1, 0.15) is 5.15 Å². The van der Waals surface area contributed by atoms with Crippen LogP contribution in [0.15, 0.2) is 24.3 Å². The van der Waals surface area contributed by atoms with Crippen LogP contribution in [0.1, 0.15) is 17.7 Å². The number of aryl methyl sites for hydroxylation is 2. The van der Waals surface area contributed by atoms with Gasteiger partial charge in [0.05, 0.1) is 11.4 Å². The van der Waals surface area contributed by atoms with E-state index in [1.807, 2.05) is 43.1 Å². The predicted molar refractivity (Wildman–Crippen MR) is 113 cm³/mol. The lowest BCUT2D eigenvalue weighted by molar-refractivity contribution is 0.211. The number of nitrogens with zero attached hydrogens (tertiary/aromatic N) is 4. The van der Waals surface area contributed by atoms with Gasteiger partial charge in [0, 0.05) is 48.9 Å². The molecule has 0 bridgehead atoms. The minimum Gasteiger partial charge on any atom is -0.323 e. The van der Waals surface area contributed by atoms with E-state index in [9.17, 15) is 4.79 Å². The maximum Gasteiger partial charge on any atom is 0.321 e. The molecule has 26 heavy (non-hydrogen) atoms. The highest BCUT2D eigenvalue weighted by molar-refractivity contribution is 14.1. The molecule has 3 rings (SSSR count). The monoisotopic (exact) mass is 487 g/mol. The first-order valence-electron chi connectivity index (χ1n) is 8.66. The number of para-hydroxylation sites is 1. The second-order valence-electron chi connectivity index (χ2n) is 6.51. The number of carbonyl (C=O) groups excluding carboxylic acids is 1. The third-order valence-electron chi connectivity index (χ3n) is 4.64. The molecule has 8 heteroatoms. The fraction of sp³-hybridized carbons (Fsp3) is 0.444. The highest BCUT2D eigenvalue weighted by Crippen LogP contribution is 2.22. The summed E-state index contributed by atoms with van der Waals surface area (Å²) in [5, 5.41) is 8.10. The Hall–Kier alpha value is -1.32. The van der Waals surface area contributed by atoms with Gasteiger partial charge in [0.25, 0.3) is 0 Å². The van der Waals surface area contributed by atoms with Crippen molar-refractivity contribution in [3.8, 4) is 0 Å². The number of amides is 2. The quantitative estimate of drug-likeness (QED) is 0.672. The summed E-state index contributed by atoms with van der Waals surface area (Å²) in [6.45, 7) is 5.98. The van der Waals surface area contributed by atoms with E-state index >= 15 is 0 Å². The molecule has 1 aliphatic rings. The summed E-state index contributed by atoms with van der Waals surface area (Å²) in [6.07, 6.45) is 0.941. The summed E-state index contributed by atoms with van der Waals surface area (Å²) in [5.74, 6) is 0. The molecule has 0 radical (unpaired) electrons. The smallest absolute Gasteiger partial charge is 0.321 e. The third kappa shape index (κ3) is 4.50. The number of anilines is 1. The van der Waals surface area contributed by atoms with Crippen molar-refractivity contribution in [3.63, 3.8) is 0 Å². The SMILES string of the molecule is Cc1nn(C)c(Cl)c1CN1CCCN(C(=O)Nc2ccccc2I)CC1. The molecular formula is C18H23ClIN5O. The number of hydrogen-bond donors (Lipinski definition) is 1. The average Bonchev–Trinajstić information content (AvgIpc) is 2.80. The molecule has 2 heterocycles. The van der Waals surface area contributed by atoms with Crippen LogP contribution in [-0.2, 0) is 13.6 Å². The number of rotatable bonds is 3. The van der Waals surface area contributed by atoms with Crippen molar-refractivity contribution in [3.05, 3.63) is 44.2 Å². The molecule has 0 atom stereocenters. The van der Waals surface area contributed by atoms with Crippen molar-refractivity contribution in [2.24, 2.45) is 7.05 Å². The number of nitrogens with one attached hydrogen (secondary N) is 1. The standard InChI is InChI=1S/C18H23ClIN5O/c1-13-14(17(19)23(2)22-13)12-24-8-5-9-25(11-10-24)18(26)21-16-7-4-3-6-15(16)20/h3-4,6-7H,5,8-12H2,1-2H3,(H,21,26). The lowest BCUT2D eigenvalue weighted by Gasteiger charge is -2.22. The predicted octanol–water partition coefficient (Wildman–Crippen LogP) is 3.73. The molecular weight excluding hydrogens is 465 g/mol. The Bertz CT molecular complexity index is 794. The third-order valence-corrected chi connectivity index (χ3v) is 6.06. The Balaban J connectivity index is 1.59. The van der Waals surface area contributed by atoms with Crippen LogP contribution in [0.4, 0.5) is 10.5 Å². The van der Waals surface area contributed by atoms with Gasteiger partial charge >= 0.3 is 6.03 Å². The largest absolute Gasteiger partial charge is 0.323 e. The highest BCUT2D eigenvalue weighted by Gasteiger charge is 2.21. The number of benzene rings is 1. The number of hydrogen-bond acceptors (Lipinski definition) is 3. The van der Waals surface area contributed by atoms with E-state index in [0.717, 1.165) is 53.1 Å². The Morgan fingerprint density at radius 3 is 2.73 bits per heavy atom. The lowest BCUT2D eigenvalue weighted by Crippen LogP contribution is -2.38. The maximum atomic E-state index is 12.6. The molecule has 140 valence electrons. The first-order valence-corrected chi connectivity index (χ1v) is 10.1. The van der Waals surface area contributed by atoms with Crippen LogP contribution in [0.2, 0.25) is 5.15 Å². The molecule has 0 saturated carbocycles. The van der Waals surface area contributed by atoms with Gasteiger partial charge in [-0.1, -0.05) is 23.7 Å². The van der Waals surface area contributed by atoms with Crippen LogP contribution in [0.25, 0.3) is 0 Å². The van der Waals surface area contributed by atoms with Gasteiger partial charge in [-0.05, 0) is 48.1 Å². The van der Waals surface area contributed by atoms with Gasteiger partial charge < -0.3 is 10.2 Å². The summed E-state index contributed by atoms with van der Waals surface area (Å²) in [5.41, 5.74) is 2.90. The molecule has 1 aromatic heterocycles. The van der Waals surface area contributed by atoms with Gasteiger partial charge in [-0.25, -0.2) is 4.79 Å². The Morgan fingerprint density at radius 1 is 1.27 bits per heavy atom. The topological polar surface area (TPSA) is 53.4 Å². The molecule has 6 nitrogen and oxygen atoms in total. The molecule has 1 saturated heterocycles. The summed E-state index contributed by atoms with van der Waals surface area (Å²) < 4.78 is 2.75. The Kier molecular flexibility index (Phi) is 6.42. The van der Waals surface area contributed by atoms with Crippen molar-refractivity contribution in [2.75, 3.05) is 31.5 Å². The van der Waals surface area contributed by atoms with Crippen LogP contribution in [0.5, 0.6) is 0 Å². The van der Waals surface area contributed by atoms with E-state index < -0.39 is 0 Å². The lowest BCUT2D eigenvalue weighted by atomic mass is 10.2. The van der Waals surface area contributed by atoms with Crippen LogP contribution < -0.4 is 5.32 Å². The molecule has 0 unspecified atom stereocenters. The summed E-state index contributed by atoms with van der Waals surface area (Å²) in [4.78, 5) is 16.8. The van der Waals surface area contributed by atoms with E-state index in [1.165, 1.54) is 0 Å². The average molecular weight is 488 g/mol. The minimum absolute atomic E-state index is 0.0356. The molecule has 0 aliphatic carbocycles. The van der Waals surface area contributed by atoms with Gasteiger partial charge in [0.15, 0.2) is 0 Å². The second kappa shape index (κ2) is 8.58. The van der Waals surface area contributed by atoms with Gasteiger partial charge in [0.2, 0.25) is 0 Å². The summed E-state index contributed by atoms with van der Waals surface area (Å²) >= 11 is 8.59. The number of carbonyl (C=O) groups is 1. The van der Waals surface area contributed by atoms with E-state index in [-0.39, 0.29) is 6.03 Å². The summed E-state index contributed by atoms with van der Waals surface area (Å²) in [6, 6.07) is 7.78. The van der Waals surface area contributed by atoms with Crippen LogP contribution >= 0.6 is 34.2 Å². The zero-order valence-electron chi connectivity index (χ0n) is 15.0. The second-order valence-corrected chi connectivity index (χ2v) is 8.03. The van der Waals surface area contributed by atoms with Crippen molar-refractivity contribution < 1.29 is 4.79 Å². The van der Waals surface area contributed by atoms with Crippen LogP contribution in [-0.4, -0.2) is 51.8 Å². The Labute approximate surface area is 172 Å². The normalized spacial score (nSPS) is 15.8. The van der Waals surface area contributed by atoms with E-state index in [1.54, 1.807) is 4.68 Å². The fourth-order valence-electron chi connectivity index (χ4n) is 3.17. The van der Waals surface area contributed by atoms with Gasteiger partial charge in [-0.15, -0.1) is 0 Å². The number of urea groups is 1. The molecule has 1 N–H and O–H groups in total. The fourth-order valence-corrected chi connectivity index (χ4v) is 3.92. The molecule has 0 spiro atoms. The zero-order chi connectivity index (χ0) is 18.7. The summed E-state index contributed by atoms with van der Waals surface area (Å²) in [7, 11) is 1.86. The first-order chi connectivity index (χ1) is 12.5. The van der Waals surface area contributed by atoms with Gasteiger partial charge in [-0.3, -0.25) is 9.58 Å². The number of aromatic nitrogens is 2. The van der Waals surface area contributed by atoms with Crippen molar-refractivity contribution in [2.45, 2.75) is 19.9 Å². The van der Waals surface area contributed by atoms with E-state index in [0.29, 0.717) is 11.7 Å². The molecule has 1 fully saturated rings. The molecule has 1 aliphatic heterocycles. The number of halogens is 2. The molecule has 2 amide bonds.